The normalized spacial score (nSPS) is 11.0. The van der Waals surface area contributed by atoms with Crippen molar-refractivity contribution in [1.29, 1.82) is 0 Å². The molecule has 162 valence electrons. The molecule has 4 rings (SSSR count). The maximum absolute atomic E-state index is 13.5. The van der Waals surface area contributed by atoms with Gasteiger partial charge < -0.3 is 5.21 Å². The fraction of sp³-hybridized carbons (Fsp3) is 0.0870. The van der Waals surface area contributed by atoms with Gasteiger partial charge in [-0.2, -0.15) is 4.74 Å². The van der Waals surface area contributed by atoms with Crippen LogP contribution in [0.4, 0.5) is 14.5 Å². The van der Waals surface area contributed by atoms with Crippen molar-refractivity contribution in [2.45, 2.75) is 17.3 Å². The largest absolute Gasteiger partial charge is 0.619 e. The molecule has 1 aromatic heterocycles. The molecule has 0 radical (unpaired) electrons. The van der Waals surface area contributed by atoms with E-state index in [1.165, 1.54) is 36.0 Å². The van der Waals surface area contributed by atoms with E-state index in [1.807, 2.05) is 16.7 Å². The van der Waals surface area contributed by atoms with Crippen LogP contribution in [-0.2, 0) is 12.2 Å². The van der Waals surface area contributed by atoms with E-state index in [-0.39, 0.29) is 5.82 Å². The second kappa shape index (κ2) is 9.50. The second-order valence-corrected chi connectivity index (χ2v) is 8.31. The van der Waals surface area contributed by atoms with Gasteiger partial charge in [-0.05, 0) is 47.5 Å². The van der Waals surface area contributed by atoms with Crippen molar-refractivity contribution < 1.29 is 13.5 Å². The van der Waals surface area contributed by atoms with Gasteiger partial charge in [0.25, 0.3) is 0 Å². The van der Waals surface area contributed by atoms with Crippen LogP contribution < -0.4 is 0 Å². The third-order valence-corrected chi connectivity index (χ3v) is 6.07. The minimum absolute atomic E-state index is 0.337. The summed E-state index contributed by atoms with van der Waals surface area (Å²) in [6, 6.07) is 17.3. The molecule has 0 amide bonds. The summed E-state index contributed by atoms with van der Waals surface area (Å²) < 4.78 is 29.2. The van der Waals surface area contributed by atoms with E-state index in [1.54, 1.807) is 30.3 Å². The van der Waals surface area contributed by atoms with Crippen LogP contribution in [0.3, 0.4) is 0 Å². The number of rotatable bonds is 7. The number of nitrogens with zero attached hydrogens (tertiary/aromatic N) is 4. The van der Waals surface area contributed by atoms with E-state index < -0.39 is 5.82 Å². The predicted octanol–water partition coefficient (Wildman–Crippen LogP) is 5.92. The zero-order valence-electron chi connectivity index (χ0n) is 16.7. The highest BCUT2D eigenvalue weighted by Crippen LogP contribution is 2.29. The molecule has 0 spiro atoms. The van der Waals surface area contributed by atoms with Crippen molar-refractivity contribution in [2.75, 3.05) is 0 Å². The number of benzene rings is 3. The van der Waals surface area contributed by atoms with Crippen molar-refractivity contribution in [2.24, 2.45) is 0 Å². The first-order valence-electron chi connectivity index (χ1n) is 9.54. The Hall–Kier alpha value is -3.23. The van der Waals surface area contributed by atoms with Gasteiger partial charge in [0.15, 0.2) is 5.16 Å². The predicted molar refractivity (Wildman–Crippen MR) is 122 cm³/mol. The van der Waals surface area contributed by atoms with Gasteiger partial charge >= 0.3 is 0 Å². The topological polar surface area (TPSA) is 56.8 Å². The monoisotopic (exact) mass is 470 g/mol. The summed E-state index contributed by atoms with van der Waals surface area (Å²) >= 11 is 7.54. The minimum Gasteiger partial charge on any atom is -0.619 e. The highest BCUT2D eigenvalue weighted by Gasteiger charge is 2.16. The highest BCUT2D eigenvalue weighted by atomic mass is 35.5. The molecule has 0 saturated heterocycles. The zero-order valence-corrected chi connectivity index (χ0v) is 18.3. The van der Waals surface area contributed by atoms with E-state index in [2.05, 4.69) is 16.9 Å². The quantitative estimate of drug-likeness (QED) is 0.110. The van der Waals surface area contributed by atoms with Gasteiger partial charge in [-0.25, -0.2) is 8.78 Å². The summed E-state index contributed by atoms with van der Waals surface area (Å²) in [4.78, 5) is 0. The Bertz CT molecular complexity index is 1260. The molecule has 9 heteroatoms. The molecule has 32 heavy (non-hydrogen) atoms. The minimum atomic E-state index is -0.398. The smallest absolute Gasteiger partial charge is 0.215 e. The zero-order chi connectivity index (χ0) is 22.7. The molecule has 0 N–H and O–H groups in total. The third-order valence-electron chi connectivity index (χ3n) is 4.74. The lowest BCUT2D eigenvalue weighted by atomic mass is 10.1. The van der Waals surface area contributed by atoms with Gasteiger partial charge in [0.1, 0.15) is 24.2 Å². The molecular formula is C23H17ClF2N4OS. The lowest BCUT2D eigenvalue weighted by Crippen LogP contribution is -2.04. The number of hydrogen-bond donors (Lipinski definition) is 0. The number of aromatic nitrogens is 3. The molecule has 0 aliphatic carbocycles. The fourth-order valence-corrected chi connectivity index (χ4v) is 4.39. The Balaban J connectivity index is 1.65. The van der Waals surface area contributed by atoms with Crippen molar-refractivity contribution in [3.05, 3.63) is 106 Å². The standard InChI is InChI=1S/C23H17ClF2N4OS/c1-29(31)19-8-2-15(3-9-19)12-22-27-28-23(30(22)20-10-6-17(25)7-11-20)32-14-16-4-5-18(26)13-21(16)24/h2-11,13H,1,12,14H2. The van der Waals surface area contributed by atoms with E-state index in [9.17, 15) is 14.0 Å². The van der Waals surface area contributed by atoms with Crippen LogP contribution in [-0.4, -0.2) is 26.2 Å². The van der Waals surface area contributed by atoms with Crippen LogP contribution >= 0.6 is 23.4 Å². The van der Waals surface area contributed by atoms with Crippen LogP contribution in [0.5, 0.6) is 0 Å². The first kappa shape index (κ1) is 22.0. The van der Waals surface area contributed by atoms with Crippen LogP contribution in [0.1, 0.15) is 17.0 Å². The summed E-state index contributed by atoms with van der Waals surface area (Å²) in [6.07, 6.45) is 0.443. The van der Waals surface area contributed by atoms with Crippen molar-refractivity contribution in [3.63, 3.8) is 0 Å². The average molecular weight is 471 g/mol. The van der Waals surface area contributed by atoms with Gasteiger partial charge in [0.2, 0.25) is 5.69 Å². The summed E-state index contributed by atoms with van der Waals surface area (Å²) in [5.74, 6) is 0.355. The van der Waals surface area contributed by atoms with Gasteiger partial charge in [-0.3, -0.25) is 4.57 Å². The Kier molecular flexibility index (Phi) is 6.53. The molecule has 1 heterocycles. The molecule has 3 aromatic carbocycles. The molecule has 0 saturated carbocycles. The summed E-state index contributed by atoms with van der Waals surface area (Å²) in [6.45, 7) is 3.33. The van der Waals surface area contributed by atoms with Crippen LogP contribution in [0.2, 0.25) is 5.02 Å². The Labute approximate surface area is 192 Å². The maximum Gasteiger partial charge on any atom is 0.215 e. The number of hydrogen-bond acceptors (Lipinski definition) is 4. The van der Waals surface area contributed by atoms with E-state index >= 15 is 0 Å². The van der Waals surface area contributed by atoms with Crippen LogP contribution in [0.25, 0.3) is 5.69 Å². The Morgan fingerprint density at radius 3 is 2.31 bits per heavy atom. The van der Waals surface area contributed by atoms with Crippen molar-refractivity contribution >= 4 is 35.8 Å². The number of halogens is 3. The summed E-state index contributed by atoms with van der Waals surface area (Å²) in [5, 5.41) is 20.9. The molecular weight excluding hydrogens is 454 g/mol. The number of thioether (sulfide) groups is 1. The van der Waals surface area contributed by atoms with Crippen molar-refractivity contribution in [1.82, 2.24) is 14.8 Å². The van der Waals surface area contributed by atoms with E-state index in [0.29, 0.717) is 44.3 Å². The van der Waals surface area contributed by atoms with E-state index in [0.717, 1.165) is 11.1 Å². The highest BCUT2D eigenvalue weighted by molar-refractivity contribution is 7.98. The Morgan fingerprint density at radius 2 is 1.66 bits per heavy atom. The van der Waals surface area contributed by atoms with Gasteiger partial charge in [0, 0.05) is 35.0 Å². The Morgan fingerprint density at radius 1 is 0.969 bits per heavy atom. The molecule has 4 aromatic rings. The average Bonchev–Trinajstić information content (AvgIpc) is 3.16. The molecule has 0 fully saturated rings. The van der Waals surface area contributed by atoms with Gasteiger partial charge in [0.05, 0.1) is 0 Å². The molecule has 0 bridgehead atoms. The lowest BCUT2D eigenvalue weighted by Gasteiger charge is -2.11. The SMILES string of the molecule is C=[N+]([O-])c1ccc(Cc2nnc(SCc3ccc(F)cc3Cl)n2-c2ccc(F)cc2)cc1. The first-order valence-corrected chi connectivity index (χ1v) is 10.9. The first-order chi connectivity index (χ1) is 15.4. The van der Waals surface area contributed by atoms with Crippen LogP contribution in [0, 0.1) is 16.8 Å². The van der Waals surface area contributed by atoms with Crippen LogP contribution in [0.15, 0.2) is 71.9 Å². The third kappa shape index (κ3) is 4.98. The maximum atomic E-state index is 13.5. The van der Waals surface area contributed by atoms with Gasteiger partial charge in [-0.1, -0.05) is 41.6 Å². The summed E-state index contributed by atoms with van der Waals surface area (Å²) in [7, 11) is 0. The fourth-order valence-electron chi connectivity index (χ4n) is 3.10. The second-order valence-electron chi connectivity index (χ2n) is 6.96. The molecule has 0 aliphatic heterocycles. The lowest BCUT2D eigenvalue weighted by molar-refractivity contribution is -0.349. The molecule has 0 atom stereocenters. The molecule has 0 unspecified atom stereocenters. The van der Waals surface area contributed by atoms with Crippen molar-refractivity contribution in [3.8, 4) is 5.69 Å². The van der Waals surface area contributed by atoms with E-state index in [4.69, 9.17) is 11.6 Å². The molecule has 0 aliphatic rings. The van der Waals surface area contributed by atoms with Gasteiger partial charge in [-0.15, -0.1) is 10.2 Å². The molecule has 5 nitrogen and oxygen atoms in total. The summed E-state index contributed by atoms with van der Waals surface area (Å²) in [5.41, 5.74) is 2.84.